The molecule has 0 spiro atoms. The van der Waals surface area contributed by atoms with Crippen molar-refractivity contribution in [2.75, 3.05) is 24.6 Å². The van der Waals surface area contributed by atoms with Crippen molar-refractivity contribution in [3.63, 3.8) is 0 Å². The average molecular weight is 463 g/mol. The molecule has 0 N–H and O–H groups in total. The quantitative estimate of drug-likeness (QED) is 0.458. The van der Waals surface area contributed by atoms with E-state index in [0.29, 0.717) is 48.2 Å². The lowest BCUT2D eigenvalue weighted by Gasteiger charge is -2.33. The second kappa shape index (κ2) is 8.05. The normalized spacial score (nSPS) is 18.0. The van der Waals surface area contributed by atoms with Gasteiger partial charge in [0.05, 0.1) is 30.7 Å². The predicted octanol–water partition coefficient (Wildman–Crippen LogP) is 3.70. The second-order valence-corrected chi connectivity index (χ2v) is 8.74. The van der Waals surface area contributed by atoms with E-state index in [2.05, 4.69) is 15.1 Å². The molecule has 1 saturated heterocycles. The Morgan fingerprint density at radius 1 is 1.03 bits per heavy atom. The summed E-state index contributed by atoms with van der Waals surface area (Å²) >= 11 is 0. The zero-order chi connectivity index (χ0) is 23.4. The van der Waals surface area contributed by atoms with Crippen LogP contribution in [0.2, 0.25) is 0 Å². The molecule has 174 valence electrons. The summed E-state index contributed by atoms with van der Waals surface area (Å²) in [5, 5.41) is 4.50. The van der Waals surface area contributed by atoms with E-state index >= 15 is 0 Å². The van der Waals surface area contributed by atoms with Gasteiger partial charge in [-0.15, -0.1) is 0 Å². The van der Waals surface area contributed by atoms with Gasteiger partial charge in [0.1, 0.15) is 28.9 Å². The van der Waals surface area contributed by atoms with Gasteiger partial charge in [-0.25, -0.2) is 23.7 Å². The van der Waals surface area contributed by atoms with Gasteiger partial charge < -0.3 is 9.64 Å². The lowest BCUT2D eigenvalue weighted by atomic mass is 10.1. The molecule has 0 unspecified atom stereocenters. The number of halogens is 2. The molecule has 2 aliphatic rings. The van der Waals surface area contributed by atoms with E-state index in [-0.39, 0.29) is 11.7 Å². The number of nitrogens with zero attached hydrogens (tertiary/aromatic N) is 7. The van der Waals surface area contributed by atoms with E-state index in [9.17, 15) is 8.78 Å². The molecular formula is C24H23F2N7O. The largest absolute Gasteiger partial charge is 0.370 e. The van der Waals surface area contributed by atoms with Crippen molar-refractivity contribution in [1.82, 2.24) is 29.7 Å². The fourth-order valence-corrected chi connectivity index (χ4v) is 4.69. The van der Waals surface area contributed by atoms with E-state index in [1.165, 1.54) is 17.8 Å². The van der Waals surface area contributed by atoms with Crippen molar-refractivity contribution in [2.24, 2.45) is 0 Å². The standard InChI is InChI=1S/C24H23F2N7O/c1-13-14(2)29-23-22(28-13)21(16-6-5-15(25)10-18(16)26)30-24(31-23)32-8-9-34-20(12-32)17-11-27-33-7-3-4-19(17)33/h5-6,10-11,20H,3-4,7-9,12H2,1-2H3/t20-/m0/s1. The summed E-state index contributed by atoms with van der Waals surface area (Å²) < 4.78 is 36.5. The van der Waals surface area contributed by atoms with Gasteiger partial charge in [-0.2, -0.15) is 10.1 Å². The van der Waals surface area contributed by atoms with Crippen LogP contribution in [-0.2, 0) is 17.7 Å². The van der Waals surface area contributed by atoms with Crippen LogP contribution in [0.3, 0.4) is 0 Å². The smallest absolute Gasteiger partial charge is 0.228 e. The molecule has 0 amide bonds. The molecule has 2 aliphatic heterocycles. The monoisotopic (exact) mass is 463 g/mol. The molecule has 0 radical (unpaired) electrons. The number of aryl methyl sites for hydroxylation is 3. The van der Waals surface area contributed by atoms with Crippen molar-refractivity contribution < 1.29 is 13.5 Å². The number of ether oxygens (including phenoxy) is 1. The lowest BCUT2D eigenvalue weighted by Crippen LogP contribution is -2.39. The van der Waals surface area contributed by atoms with E-state index in [4.69, 9.17) is 14.7 Å². The van der Waals surface area contributed by atoms with Gasteiger partial charge in [-0.05, 0) is 38.8 Å². The van der Waals surface area contributed by atoms with Gasteiger partial charge in [0.15, 0.2) is 5.65 Å². The third-order valence-electron chi connectivity index (χ3n) is 6.58. The van der Waals surface area contributed by atoms with Gasteiger partial charge in [-0.3, -0.25) is 4.68 Å². The third kappa shape index (κ3) is 3.49. The number of fused-ring (bicyclic) bond motifs is 2. The van der Waals surface area contributed by atoms with E-state index in [0.717, 1.165) is 36.7 Å². The molecule has 1 aromatic carbocycles. The number of hydrogen-bond acceptors (Lipinski definition) is 7. The van der Waals surface area contributed by atoms with Crippen LogP contribution in [0, 0.1) is 25.5 Å². The zero-order valence-corrected chi connectivity index (χ0v) is 18.9. The molecule has 5 heterocycles. The molecule has 1 fully saturated rings. The highest BCUT2D eigenvalue weighted by atomic mass is 19.1. The van der Waals surface area contributed by atoms with Crippen LogP contribution in [0.1, 0.15) is 35.2 Å². The number of anilines is 1. The van der Waals surface area contributed by atoms with Crippen molar-refractivity contribution in [3.8, 4) is 11.3 Å². The summed E-state index contributed by atoms with van der Waals surface area (Å²) in [4.78, 5) is 20.6. The minimum atomic E-state index is -0.707. The Labute approximate surface area is 194 Å². The van der Waals surface area contributed by atoms with Gasteiger partial charge >= 0.3 is 0 Å². The maximum atomic E-state index is 14.8. The molecule has 3 aromatic heterocycles. The second-order valence-electron chi connectivity index (χ2n) is 8.74. The Morgan fingerprint density at radius 3 is 2.74 bits per heavy atom. The van der Waals surface area contributed by atoms with Crippen molar-refractivity contribution in [2.45, 2.75) is 39.3 Å². The highest BCUT2D eigenvalue weighted by molar-refractivity contribution is 5.88. The Hall–Kier alpha value is -3.53. The van der Waals surface area contributed by atoms with Crippen molar-refractivity contribution >= 4 is 17.1 Å². The molecule has 6 rings (SSSR count). The van der Waals surface area contributed by atoms with Crippen LogP contribution < -0.4 is 4.90 Å². The first-order valence-corrected chi connectivity index (χ1v) is 11.4. The Bertz CT molecular complexity index is 1420. The van der Waals surface area contributed by atoms with Crippen LogP contribution in [0.5, 0.6) is 0 Å². The minimum Gasteiger partial charge on any atom is -0.370 e. The maximum Gasteiger partial charge on any atom is 0.228 e. The van der Waals surface area contributed by atoms with Gasteiger partial charge in [0.2, 0.25) is 5.95 Å². The molecule has 34 heavy (non-hydrogen) atoms. The number of hydrogen-bond donors (Lipinski definition) is 0. The maximum absolute atomic E-state index is 14.8. The molecule has 0 saturated carbocycles. The fraction of sp³-hybridized carbons (Fsp3) is 0.375. The fourth-order valence-electron chi connectivity index (χ4n) is 4.69. The van der Waals surface area contributed by atoms with E-state index in [1.54, 1.807) is 0 Å². The van der Waals surface area contributed by atoms with Crippen LogP contribution in [0.4, 0.5) is 14.7 Å². The van der Waals surface area contributed by atoms with Crippen LogP contribution in [0.25, 0.3) is 22.4 Å². The first-order valence-electron chi connectivity index (χ1n) is 11.4. The molecule has 8 nitrogen and oxygen atoms in total. The van der Waals surface area contributed by atoms with Crippen LogP contribution in [-0.4, -0.2) is 49.4 Å². The van der Waals surface area contributed by atoms with Gasteiger partial charge in [0, 0.05) is 36.0 Å². The van der Waals surface area contributed by atoms with E-state index in [1.807, 2.05) is 29.6 Å². The minimum absolute atomic E-state index is 0.159. The number of aromatic nitrogens is 6. The average Bonchev–Trinajstić information content (AvgIpc) is 3.44. The summed E-state index contributed by atoms with van der Waals surface area (Å²) in [5.74, 6) is -0.940. The van der Waals surface area contributed by atoms with E-state index < -0.39 is 11.6 Å². The van der Waals surface area contributed by atoms with Gasteiger partial charge in [0.25, 0.3) is 0 Å². The number of benzene rings is 1. The van der Waals surface area contributed by atoms with Crippen LogP contribution >= 0.6 is 0 Å². The van der Waals surface area contributed by atoms with Crippen LogP contribution in [0.15, 0.2) is 24.4 Å². The molecule has 10 heteroatoms. The number of rotatable bonds is 3. The third-order valence-corrected chi connectivity index (χ3v) is 6.58. The summed E-state index contributed by atoms with van der Waals surface area (Å²) in [6.45, 7) is 6.23. The first-order chi connectivity index (χ1) is 16.5. The summed E-state index contributed by atoms with van der Waals surface area (Å²) in [6.07, 6.45) is 3.81. The predicted molar refractivity (Wildman–Crippen MR) is 121 cm³/mol. The SMILES string of the molecule is Cc1nc2nc(N3CCO[C@H](c4cnn5c4CCC5)C3)nc(-c3ccc(F)cc3F)c2nc1C. The topological polar surface area (TPSA) is 81.9 Å². The Morgan fingerprint density at radius 2 is 1.88 bits per heavy atom. The van der Waals surface area contributed by atoms with Crippen molar-refractivity contribution in [3.05, 3.63) is 58.7 Å². The number of morpholine rings is 1. The molecular weight excluding hydrogens is 440 g/mol. The molecule has 1 atom stereocenters. The summed E-state index contributed by atoms with van der Waals surface area (Å²) in [7, 11) is 0. The highest BCUT2D eigenvalue weighted by Crippen LogP contribution is 2.33. The zero-order valence-electron chi connectivity index (χ0n) is 18.9. The molecule has 0 aliphatic carbocycles. The lowest BCUT2D eigenvalue weighted by molar-refractivity contribution is 0.0387. The summed E-state index contributed by atoms with van der Waals surface area (Å²) in [6, 6.07) is 3.44. The molecule has 4 aromatic rings. The van der Waals surface area contributed by atoms with Gasteiger partial charge in [-0.1, -0.05) is 0 Å². The Kier molecular flexibility index (Phi) is 4.98. The van der Waals surface area contributed by atoms with Crippen molar-refractivity contribution in [1.29, 1.82) is 0 Å². The summed E-state index contributed by atoms with van der Waals surface area (Å²) in [5.41, 5.74) is 4.97. The Balaban J connectivity index is 1.44. The first kappa shape index (κ1) is 21.0. The molecule has 0 bridgehead atoms. The highest BCUT2D eigenvalue weighted by Gasteiger charge is 2.30.